The van der Waals surface area contributed by atoms with Crippen molar-refractivity contribution in [1.82, 2.24) is 0 Å². The van der Waals surface area contributed by atoms with E-state index in [0.717, 1.165) is 5.69 Å². The van der Waals surface area contributed by atoms with Gasteiger partial charge in [-0.2, -0.15) is 0 Å². The maximum absolute atomic E-state index is 12.6. The van der Waals surface area contributed by atoms with Gasteiger partial charge in [0, 0.05) is 12.7 Å². The summed E-state index contributed by atoms with van der Waals surface area (Å²) in [6.07, 6.45) is 0. The fourth-order valence-electron chi connectivity index (χ4n) is 2.26. The average Bonchev–Trinajstić information content (AvgIpc) is 2.40. The minimum Gasteiger partial charge on any atom is -0.388 e. The number of anilines is 2. The number of benzene rings is 2. The zero-order chi connectivity index (χ0) is 15.6. The first kappa shape index (κ1) is 15.7. The van der Waals surface area contributed by atoms with Crippen LogP contribution in [0.5, 0.6) is 0 Å². The number of nitrogens with one attached hydrogen (secondary N) is 2. The van der Waals surface area contributed by atoms with Gasteiger partial charge in [0.2, 0.25) is 0 Å². The van der Waals surface area contributed by atoms with Crippen molar-refractivity contribution in [2.45, 2.75) is 18.7 Å². The number of hydrogen-bond acceptors (Lipinski definition) is 3. The fraction of sp³-hybridized carbons (Fsp3) is 0.200. The number of halogens is 1. The predicted octanol–water partition coefficient (Wildman–Crippen LogP) is 3.80. The first-order valence-corrected chi connectivity index (χ1v) is 8.27. The van der Waals surface area contributed by atoms with Crippen LogP contribution in [0.25, 0.3) is 0 Å². The van der Waals surface area contributed by atoms with Crippen LogP contribution in [0, 0.1) is 13.8 Å². The van der Waals surface area contributed by atoms with Gasteiger partial charge in [-0.3, -0.25) is 4.72 Å². The van der Waals surface area contributed by atoms with Crippen LogP contribution in [0.2, 0.25) is 5.02 Å². The fourth-order valence-corrected chi connectivity index (χ4v) is 4.03. The van der Waals surface area contributed by atoms with Gasteiger partial charge in [-0.1, -0.05) is 23.7 Å². The number of aryl methyl sites for hydroxylation is 2. The standard InChI is InChI=1S/C15H17ClN2O2S/c1-10-8-12(17-3)9-11(2)15(10)21(19,20)18-14-7-5-4-6-13(14)16/h4-9,17-18H,1-3H3. The van der Waals surface area contributed by atoms with Crippen LogP contribution in [0.1, 0.15) is 11.1 Å². The van der Waals surface area contributed by atoms with Gasteiger partial charge in [0.1, 0.15) is 0 Å². The molecule has 0 aliphatic carbocycles. The summed E-state index contributed by atoms with van der Waals surface area (Å²) in [5.41, 5.74) is 2.61. The molecular weight excluding hydrogens is 308 g/mol. The molecule has 0 aromatic heterocycles. The first-order valence-electron chi connectivity index (χ1n) is 6.41. The molecule has 0 spiro atoms. The topological polar surface area (TPSA) is 58.2 Å². The molecule has 0 saturated carbocycles. The lowest BCUT2D eigenvalue weighted by molar-refractivity contribution is 0.600. The smallest absolute Gasteiger partial charge is 0.262 e. The van der Waals surface area contributed by atoms with Crippen molar-refractivity contribution in [3.8, 4) is 0 Å². The van der Waals surface area contributed by atoms with Crippen molar-refractivity contribution in [3.05, 3.63) is 52.5 Å². The van der Waals surface area contributed by atoms with E-state index in [1.165, 1.54) is 0 Å². The Morgan fingerprint density at radius 1 is 1.05 bits per heavy atom. The van der Waals surface area contributed by atoms with E-state index in [1.807, 2.05) is 0 Å². The molecule has 0 saturated heterocycles. The Kier molecular flexibility index (Phi) is 4.44. The molecule has 2 aromatic carbocycles. The minimum absolute atomic E-state index is 0.279. The van der Waals surface area contributed by atoms with E-state index in [9.17, 15) is 8.42 Å². The van der Waals surface area contributed by atoms with Gasteiger partial charge in [0.05, 0.1) is 15.6 Å². The maximum atomic E-state index is 12.6. The van der Waals surface area contributed by atoms with E-state index in [4.69, 9.17) is 11.6 Å². The second kappa shape index (κ2) is 5.95. The van der Waals surface area contributed by atoms with E-state index in [2.05, 4.69) is 10.0 Å². The summed E-state index contributed by atoms with van der Waals surface area (Å²) < 4.78 is 27.8. The largest absolute Gasteiger partial charge is 0.388 e. The van der Waals surface area contributed by atoms with Crippen LogP contribution in [-0.2, 0) is 10.0 Å². The van der Waals surface area contributed by atoms with Gasteiger partial charge in [0.25, 0.3) is 10.0 Å². The van der Waals surface area contributed by atoms with E-state index in [1.54, 1.807) is 57.3 Å². The highest BCUT2D eigenvalue weighted by Crippen LogP contribution is 2.28. The summed E-state index contributed by atoms with van der Waals surface area (Å²) in [5.74, 6) is 0. The Bertz CT molecular complexity index is 750. The molecule has 2 rings (SSSR count). The summed E-state index contributed by atoms with van der Waals surface area (Å²) in [5, 5.41) is 3.37. The molecule has 0 aliphatic heterocycles. The zero-order valence-electron chi connectivity index (χ0n) is 12.1. The van der Waals surface area contributed by atoms with Crippen molar-refractivity contribution in [1.29, 1.82) is 0 Å². The van der Waals surface area contributed by atoms with E-state index < -0.39 is 10.0 Å². The number of hydrogen-bond donors (Lipinski definition) is 2. The summed E-state index contributed by atoms with van der Waals surface area (Å²) in [6, 6.07) is 10.4. The molecule has 0 heterocycles. The van der Waals surface area contributed by atoms with Crippen molar-refractivity contribution in [2.24, 2.45) is 0 Å². The molecule has 0 bridgehead atoms. The summed E-state index contributed by atoms with van der Waals surface area (Å²) in [7, 11) is -1.89. The van der Waals surface area contributed by atoms with Crippen LogP contribution < -0.4 is 10.0 Å². The Labute approximate surface area is 130 Å². The molecule has 0 radical (unpaired) electrons. The second-order valence-electron chi connectivity index (χ2n) is 4.77. The minimum atomic E-state index is -3.68. The predicted molar refractivity (Wildman–Crippen MR) is 87.7 cm³/mol. The first-order chi connectivity index (χ1) is 9.85. The van der Waals surface area contributed by atoms with Crippen LogP contribution in [-0.4, -0.2) is 15.5 Å². The molecule has 6 heteroatoms. The molecular formula is C15H17ClN2O2S. The van der Waals surface area contributed by atoms with Crippen LogP contribution in [0.4, 0.5) is 11.4 Å². The normalized spacial score (nSPS) is 11.2. The number of rotatable bonds is 4. The Morgan fingerprint density at radius 2 is 1.62 bits per heavy atom. The molecule has 0 aliphatic rings. The Balaban J connectivity index is 2.48. The van der Waals surface area contributed by atoms with Crippen LogP contribution in [0.15, 0.2) is 41.3 Å². The van der Waals surface area contributed by atoms with E-state index in [-0.39, 0.29) is 4.90 Å². The SMILES string of the molecule is CNc1cc(C)c(S(=O)(=O)Nc2ccccc2Cl)c(C)c1. The highest BCUT2D eigenvalue weighted by Gasteiger charge is 2.21. The summed E-state index contributed by atoms with van der Waals surface area (Å²) in [6.45, 7) is 3.55. The highest BCUT2D eigenvalue weighted by atomic mass is 35.5. The quantitative estimate of drug-likeness (QED) is 0.899. The van der Waals surface area contributed by atoms with Crippen molar-refractivity contribution in [2.75, 3.05) is 17.1 Å². The van der Waals surface area contributed by atoms with E-state index >= 15 is 0 Å². The molecule has 2 N–H and O–H groups in total. The highest BCUT2D eigenvalue weighted by molar-refractivity contribution is 7.92. The average molecular weight is 325 g/mol. The molecule has 112 valence electrons. The van der Waals surface area contributed by atoms with Gasteiger partial charge < -0.3 is 5.32 Å². The third kappa shape index (κ3) is 3.31. The number of sulfonamides is 1. The summed E-state index contributed by atoms with van der Waals surface area (Å²) >= 11 is 6.01. The van der Waals surface area contributed by atoms with Gasteiger partial charge in [-0.25, -0.2) is 8.42 Å². The van der Waals surface area contributed by atoms with Gasteiger partial charge in [0.15, 0.2) is 0 Å². The molecule has 21 heavy (non-hydrogen) atoms. The van der Waals surface area contributed by atoms with Crippen molar-refractivity contribution in [3.63, 3.8) is 0 Å². The van der Waals surface area contributed by atoms with E-state index in [0.29, 0.717) is 21.8 Å². The molecule has 4 nitrogen and oxygen atoms in total. The van der Waals surface area contributed by atoms with Gasteiger partial charge in [-0.15, -0.1) is 0 Å². The summed E-state index contributed by atoms with van der Waals surface area (Å²) in [4.78, 5) is 0.279. The van der Waals surface area contributed by atoms with Gasteiger partial charge in [-0.05, 0) is 49.2 Å². The molecule has 0 atom stereocenters. The lowest BCUT2D eigenvalue weighted by Crippen LogP contribution is -2.16. The lowest BCUT2D eigenvalue weighted by Gasteiger charge is -2.15. The molecule has 0 unspecified atom stereocenters. The maximum Gasteiger partial charge on any atom is 0.262 e. The lowest BCUT2D eigenvalue weighted by atomic mass is 10.1. The van der Waals surface area contributed by atoms with Crippen LogP contribution in [0.3, 0.4) is 0 Å². The number of para-hydroxylation sites is 1. The molecule has 2 aromatic rings. The zero-order valence-corrected chi connectivity index (χ0v) is 13.6. The molecule has 0 fully saturated rings. The van der Waals surface area contributed by atoms with Crippen molar-refractivity contribution < 1.29 is 8.42 Å². The Hall–Kier alpha value is -1.72. The third-order valence-corrected chi connectivity index (χ3v) is 5.14. The third-order valence-electron chi connectivity index (χ3n) is 3.14. The van der Waals surface area contributed by atoms with Crippen molar-refractivity contribution >= 4 is 33.0 Å². The molecule has 0 amide bonds. The monoisotopic (exact) mass is 324 g/mol. The second-order valence-corrected chi connectivity index (χ2v) is 6.80. The van der Waals surface area contributed by atoms with Crippen LogP contribution >= 0.6 is 11.6 Å². The van der Waals surface area contributed by atoms with Gasteiger partial charge >= 0.3 is 0 Å². The Morgan fingerprint density at radius 3 is 2.14 bits per heavy atom.